The first-order valence-electron chi connectivity index (χ1n) is 4.62. The number of hydrogen-bond acceptors (Lipinski definition) is 3. The van der Waals surface area contributed by atoms with E-state index in [1.165, 1.54) is 12.1 Å². The molecule has 2 rings (SSSR count). The van der Waals surface area contributed by atoms with Crippen LogP contribution in [-0.2, 0) is 6.54 Å². The molecule has 0 spiro atoms. The summed E-state index contributed by atoms with van der Waals surface area (Å²) in [5, 5.41) is 0. The van der Waals surface area contributed by atoms with E-state index in [2.05, 4.69) is 4.98 Å². The Morgan fingerprint density at radius 3 is 3.07 bits per heavy atom. The number of nitrogens with two attached hydrogens (primary N) is 1. The van der Waals surface area contributed by atoms with Crippen molar-refractivity contribution in [3.05, 3.63) is 24.0 Å². The van der Waals surface area contributed by atoms with Crippen molar-refractivity contribution < 1.29 is 4.39 Å². The lowest BCUT2D eigenvalue weighted by Gasteiger charge is -2.04. The highest BCUT2D eigenvalue weighted by Crippen LogP contribution is 2.19. The molecule has 2 N–H and O–H groups in total. The summed E-state index contributed by atoms with van der Waals surface area (Å²) in [5.74, 6) is 1.13. The van der Waals surface area contributed by atoms with Gasteiger partial charge >= 0.3 is 0 Å². The number of benzene rings is 1. The summed E-state index contributed by atoms with van der Waals surface area (Å²) in [6.07, 6.45) is 2.04. The lowest BCUT2D eigenvalue weighted by atomic mass is 10.3. The average molecular weight is 225 g/mol. The number of fused-ring (bicyclic) bond motifs is 1. The third-order valence-corrected chi connectivity index (χ3v) is 2.85. The van der Waals surface area contributed by atoms with E-state index in [9.17, 15) is 4.39 Å². The number of hydrogen-bond donors (Lipinski definition) is 1. The van der Waals surface area contributed by atoms with E-state index in [4.69, 9.17) is 5.73 Å². The van der Waals surface area contributed by atoms with Crippen LogP contribution < -0.4 is 5.73 Å². The lowest BCUT2D eigenvalue weighted by molar-refractivity contribution is 0.629. The van der Waals surface area contributed by atoms with Crippen molar-refractivity contribution in [2.45, 2.75) is 6.54 Å². The van der Waals surface area contributed by atoms with Crippen LogP contribution in [-0.4, -0.2) is 21.6 Å². The van der Waals surface area contributed by atoms with Crippen molar-refractivity contribution in [2.24, 2.45) is 0 Å². The van der Waals surface area contributed by atoms with Crippen LogP contribution in [0.15, 0.2) is 18.2 Å². The molecule has 0 aliphatic rings. The fraction of sp³-hybridized carbons (Fsp3) is 0.300. The van der Waals surface area contributed by atoms with Gasteiger partial charge < -0.3 is 10.3 Å². The van der Waals surface area contributed by atoms with E-state index in [-0.39, 0.29) is 5.82 Å². The minimum absolute atomic E-state index is 0.281. The number of nitrogens with zero attached hydrogens (tertiary/aromatic N) is 2. The Balaban J connectivity index is 2.48. The fourth-order valence-electron chi connectivity index (χ4n) is 1.54. The normalized spacial score (nSPS) is 11.1. The quantitative estimate of drug-likeness (QED) is 0.870. The predicted molar refractivity (Wildman–Crippen MR) is 62.5 cm³/mol. The Kier molecular flexibility index (Phi) is 2.81. The molecule has 0 fully saturated rings. The first kappa shape index (κ1) is 10.3. The number of rotatable bonds is 3. The lowest BCUT2D eigenvalue weighted by Crippen LogP contribution is -2.04. The van der Waals surface area contributed by atoms with Gasteiger partial charge in [0, 0.05) is 18.4 Å². The maximum Gasteiger partial charge on any atom is 0.201 e. The van der Waals surface area contributed by atoms with E-state index in [0.717, 1.165) is 17.8 Å². The standard InChI is InChI=1S/C10H12FN3S/c1-15-5-4-14-9-3-2-7(11)6-8(9)13-10(14)12/h2-3,6H,4-5H2,1H3,(H2,12,13). The first-order valence-corrected chi connectivity index (χ1v) is 6.02. The maximum absolute atomic E-state index is 12.9. The first-order chi connectivity index (χ1) is 7.22. The number of anilines is 1. The van der Waals surface area contributed by atoms with Crippen LogP contribution in [0.4, 0.5) is 10.3 Å². The van der Waals surface area contributed by atoms with Gasteiger partial charge in [-0.1, -0.05) is 0 Å². The van der Waals surface area contributed by atoms with Crippen molar-refractivity contribution in [2.75, 3.05) is 17.7 Å². The Labute approximate surface area is 91.5 Å². The summed E-state index contributed by atoms with van der Waals surface area (Å²) in [5.41, 5.74) is 7.28. The van der Waals surface area contributed by atoms with Crippen LogP contribution in [0.25, 0.3) is 11.0 Å². The summed E-state index contributed by atoms with van der Waals surface area (Å²) in [7, 11) is 0. The monoisotopic (exact) mass is 225 g/mol. The van der Waals surface area contributed by atoms with Crippen molar-refractivity contribution in [1.82, 2.24) is 9.55 Å². The van der Waals surface area contributed by atoms with Crippen LogP contribution in [0.3, 0.4) is 0 Å². The zero-order chi connectivity index (χ0) is 10.8. The van der Waals surface area contributed by atoms with E-state index in [1.54, 1.807) is 17.8 Å². The van der Waals surface area contributed by atoms with Gasteiger partial charge in [0.05, 0.1) is 11.0 Å². The van der Waals surface area contributed by atoms with Gasteiger partial charge in [-0.2, -0.15) is 11.8 Å². The van der Waals surface area contributed by atoms with Crippen LogP contribution in [0.5, 0.6) is 0 Å². The Bertz CT molecular complexity index is 481. The number of imidazole rings is 1. The summed E-state index contributed by atoms with van der Waals surface area (Å²) in [4.78, 5) is 4.12. The molecule has 80 valence electrons. The highest BCUT2D eigenvalue weighted by atomic mass is 32.2. The fourth-order valence-corrected chi connectivity index (χ4v) is 1.90. The summed E-state index contributed by atoms with van der Waals surface area (Å²) >= 11 is 1.74. The summed E-state index contributed by atoms with van der Waals surface area (Å²) in [6.45, 7) is 0.801. The molecule has 0 saturated carbocycles. The Hall–Kier alpha value is -1.23. The second-order valence-corrected chi connectivity index (χ2v) is 4.23. The molecule has 15 heavy (non-hydrogen) atoms. The molecule has 0 aliphatic heterocycles. The summed E-state index contributed by atoms with van der Waals surface area (Å²) in [6, 6.07) is 4.55. The second-order valence-electron chi connectivity index (χ2n) is 3.25. The molecule has 5 heteroatoms. The van der Waals surface area contributed by atoms with Gasteiger partial charge in [0.1, 0.15) is 5.82 Å². The Morgan fingerprint density at radius 2 is 2.33 bits per heavy atom. The molecular formula is C10H12FN3S. The smallest absolute Gasteiger partial charge is 0.201 e. The van der Waals surface area contributed by atoms with Crippen molar-refractivity contribution in [3.8, 4) is 0 Å². The highest BCUT2D eigenvalue weighted by molar-refractivity contribution is 7.98. The van der Waals surface area contributed by atoms with E-state index >= 15 is 0 Å². The van der Waals surface area contributed by atoms with Gasteiger partial charge in [0.25, 0.3) is 0 Å². The van der Waals surface area contributed by atoms with Crippen molar-refractivity contribution >= 4 is 28.7 Å². The van der Waals surface area contributed by atoms with Crippen molar-refractivity contribution in [1.29, 1.82) is 0 Å². The minimum atomic E-state index is -0.281. The number of thioether (sulfide) groups is 1. The third kappa shape index (κ3) is 1.92. The number of halogens is 1. The molecular weight excluding hydrogens is 213 g/mol. The molecule has 1 aromatic heterocycles. The second kappa shape index (κ2) is 4.10. The van der Waals surface area contributed by atoms with E-state index in [0.29, 0.717) is 11.5 Å². The molecule has 1 aromatic carbocycles. The number of nitrogen functional groups attached to an aromatic ring is 1. The van der Waals surface area contributed by atoms with Crippen molar-refractivity contribution in [3.63, 3.8) is 0 Å². The number of aryl methyl sites for hydroxylation is 1. The average Bonchev–Trinajstić information content (AvgIpc) is 2.50. The van der Waals surface area contributed by atoms with Gasteiger partial charge in [-0.05, 0) is 18.4 Å². The molecule has 0 unspecified atom stereocenters. The molecule has 0 atom stereocenters. The van der Waals surface area contributed by atoms with E-state index < -0.39 is 0 Å². The van der Waals surface area contributed by atoms with Gasteiger partial charge in [0.15, 0.2) is 0 Å². The molecule has 2 aromatic rings. The minimum Gasteiger partial charge on any atom is -0.369 e. The highest BCUT2D eigenvalue weighted by Gasteiger charge is 2.07. The Morgan fingerprint density at radius 1 is 1.53 bits per heavy atom. The largest absolute Gasteiger partial charge is 0.369 e. The molecule has 0 bridgehead atoms. The molecule has 0 radical (unpaired) electrons. The van der Waals surface area contributed by atoms with Crippen LogP contribution in [0.1, 0.15) is 0 Å². The molecule has 3 nitrogen and oxygen atoms in total. The number of aromatic nitrogens is 2. The van der Waals surface area contributed by atoms with Gasteiger partial charge in [0.2, 0.25) is 5.95 Å². The third-order valence-electron chi connectivity index (χ3n) is 2.26. The van der Waals surface area contributed by atoms with Gasteiger partial charge in [-0.3, -0.25) is 0 Å². The van der Waals surface area contributed by atoms with Crippen LogP contribution in [0.2, 0.25) is 0 Å². The molecule has 0 aliphatic carbocycles. The van der Waals surface area contributed by atoms with Crippen LogP contribution in [0, 0.1) is 5.82 Å². The van der Waals surface area contributed by atoms with E-state index in [1.807, 2.05) is 10.8 Å². The zero-order valence-corrected chi connectivity index (χ0v) is 9.22. The molecule has 1 heterocycles. The summed E-state index contributed by atoms with van der Waals surface area (Å²) < 4.78 is 14.8. The zero-order valence-electron chi connectivity index (χ0n) is 8.40. The van der Waals surface area contributed by atoms with Gasteiger partial charge in [-0.25, -0.2) is 9.37 Å². The topological polar surface area (TPSA) is 43.8 Å². The SMILES string of the molecule is CSCCn1c(N)nc2cc(F)ccc21. The molecule has 0 saturated heterocycles. The maximum atomic E-state index is 12.9. The predicted octanol–water partition coefficient (Wildman–Crippen LogP) is 2.12. The van der Waals surface area contributed by atoms with Gasteiger partial charge in [-0.15, -0.1) is 0 Å². The molecule has 0 amide bonds. The van der Waals surface area contributed by atoms with Crippen LogP contribution >= 0.6 is 11.8 Å².